The second-order valence-corrected chi connectivity index (χ2v) is 5.95. The number of aliphatic hydroxyl groups is 1. The van der Waals surface area contributed by atoms with Gasteiger partial charge in [0.25, 0.3) is 0 Å². The van der Waals surface area contributed by atoms with Gasteiger partial charge in [-0.2, -0.15) is 0 Å². The lowest BCUT2D eigenvalue weighted by molar-refractivity contribution is 0.224. The Kier molecular flexibility index (Phi) is 5.96. The number of anilines is 1. The van der Waals surface area contributed by atoms with Crippen LogP contribution in [-0.4, -0.2) is 28.8 Å². The van der Waals surface area contributed by atoms with Crippen LogP contribution < -0.4 is 10.6 Å². The standard InChI is InChI=1S/C21H21N3O2/c25-15-18(14-16-6-2-1-3-7-16)23-21(26)24-20-9-5-4-8-19(20)17-10-12-22-13-11-17/h1-13,18,25H,14-15H2,(H2,23,24,26)/t18-/m1/s1. The molecule has 5 heteroatoms. The van der Waals surface area contributed by atoms with Crippen molar-refractivity contribution in [1.82, 2.24) is 10.3 Å². The predicted molar refractivity (Wildman–Crippen MR) is 103 cm³/mol. The van der Waals surface area contributed by atoms with Crippen LogP contribution >= 0.6 is 0 Å². The number of nitrogens with zero attached hydrogens (tertiary/aromatic N) is 1. The maximum atomic E-state index is 12.4. The van der Waals surface area contributed by atoms with Gasteiger partial charge in [-0.15, -0.1) is 0 Å². The van der Waals surface area contributed by atoms with Crippen LogP contribution in [0.3, 0.4) is 0 Å². The van der Waals surface area contributed by atoms with E-state index in [0.717, 1.165) is 16.7 Å². The van der Waals surface area contributed by atoms with Crippen LogP contribution in [0.25, 0.3) is 11.1 Å². The van der Waals surface area contributed by atoms with Gasteiger partial charge >= 0.3 is 6.03 Å². The van der Waals surface area contributed by atoms with Crippen LogP contribution in [0.4, 0.5) is 10.5 Å². The molecule has 0 bridgehead atoms. The summed E-state index contributed by atoms with van der Waals surface area (Å²) >= 11 is 0. The molecule has 0 spiro atoms. The third-order valence-electron chi connectivity index (χ3n) is 4.05. The molecule has 132 valence electrons. The Labute approximate surface area is 152 Å². The third kappa shape index (κ3) is 4.68. The molecule has 0 aliphatic rings. The molecule has 1 heterocycles. The average Bonchev–Trinajstić information content (AvgIpc) is 2.69. The summed E-state index contributed by atoms with van der Waals surface area (Å²) in [7, 11) is 0. The molecule has 0 saturated carbocycles. The van der Waals surface area contributed by atoms with Crippen LogP contribution in [0.5, 0.6) is 0 Å². The summed E-state index contributed by atoms with van der Waals surface area (Å²) < 4.78 is 0. The topological polar surface area (TPSA) is 74.2 Å². The van der Waals surface area contributed by atoms with E-state index >= 15 is 0 Å². The normalized spacial score (nSPS) is 11.6. The van der Waals surface area contributed by atoms with E-state index in [9.17, 15) is 9.90 Å². The SMILES string of the molecule is O=C(Nc1ccccc1-c1ccncc1)N[C@@H](CO)Cc1ccccc1. The Morgan fingerprint density at radius 2 is 1.65 bits per heavy atom. The van der Waals surface area contributed by atoms with Crippen LogP contribution in [0.2, 0.25) is 0 Å². The Hall–Kier alpha value is -3.18. The number of hydrogen-bond acceptors (Lipinski definition) is 3. The molecular formula is C21H21N3O2. The number of benzene rings is 2. The van der Waals surface area contributed by atoms with Crippen molar-refractivity contribution in [1.29, 1.82) is 0 Å². The predicted octanol–water partition coefficient (Wildman–Crippen LogP) is 3.47. The van der Waals surface area contributed by atoms with Gasteiger partial charge in [-0.25, -0.2) is 4.79 Å². The highest BCUT2D eigenvalue weighted by molar-refractivity contribution is 5.94. The fourth-order valence-electron chi connectivity index (χ4n) is 2.78. The first kappa shape index (κ1) is 17.6. The second kappa shape index (κ2) is 8.78. The Morgan fingerprint density at radius 3 is 2.38 bits per heavy atom. The zero-order valence-electron chi connectivity index (χ0n) is 14.3. The summed E-state index contributed by atoms with van der Waals surface area (Å²) in [6.07, 6.45) is 4.00. The van der Waals surface area contributed by atoms with Crippen molar-refractivity contribution in [3.8, 4) is 11.1 Å². The van der Waals surface area contributed by atoms with E-state index in [1.54, 1.807) is 12.4 Å². The first-order chi connectivity index (χ1) is 12.8. The molecule has 3 aromatic rings. The summed E-state index contributed by atoms with van der Waals surface area (Å²) in [5, 5.41) is 15.3. The fraction of sp³-hybridized carbons (Fsp3) is 0.143. The number of aromatic nitrogens is 1. The van der Waals surface area contributed by atoms with Gasteiger partial charge in [0.05, 0.1) is 18.3 Å². The van der Waals surface area contributed by atoms with Gasteiger partial charge < -0.3 is 15.7 Å². The highest BCUT2D eigenvalue weighted by Crippen LogP contribution is 2.27. The number of amides is 2. The highest BCUT2D eigenvalue weighted by Gasteiger charge is 2.13. The molecule has 3 N–H and O–H groups in total. The Balaban J connectivity index is 1.68. The number of nitrogens with one attached hydrogen (secondary N) is 2. The fourth-order valence-corrected chi connectivity index (χ4v) is 2.78. The monoisotopic (exact) mass is 347 g/mol. The average molecular weight is 347 g/mol. The summed E-state index contributed by atoms with van der Waals surface area (Å²) in [4.78, 5) is 16.4. The molecule has 26 heavy (non-hydrogen) atoms. The molecule has 0 saturated heterocycles. The van der Waals surface area contributed by atoms with Gasteiger partial charge in [0.2, 0.25) is 0 Å². The van der Waals surface area contributed by atoms with Gasteiger partial charge in [-0.1, -0.05) is 48.5 Å². The molecular weight excluding hydrogens is 326 g/mol. The summed E-state index contributed by atoms with van der Waals surface area (Å²) in [6.45, 7) is -0.131. The van der Waals surface area contributed by atoms with Crippen molar-refractivity contribution in [2.45, 2.75) is 12.5 Å². The van der Waals surface area contributed by atoms with E-state index in [1.807, 2.05) is 66.7 Å². The van der Waals surface area contributed by atoms with Gasteiger partial charge in [0.1, 0.15) is 0 Å². The number of carbonyl (C=O) groups is 1. The molecule has 0 aliphatic heterocycles. The third-order valence-corrected chi connectivity index (χ3v) is 4.05. The summed E-state index contributed by atoms with van der Waals surface area (Å²) in [6, 6.07) is 20.4. The zero-order valence-corrected chi connectivity index (χ0v) is 14.3. The molecule has 0 radical (unpaired) electrons. The minimum Gasteiger partial charge on any atom is -0.394 e. The van der Waals surface area contributed by atoms with Crippen molar-refractivity contribution in [3.63, 3.8) is 0 Å². The lowest BCUT2D eigenvalue weighted by Gasteiger charge is -2.18. The quantitative estimate of drug-likeness (QED) is 0.639. The minimum atomic E-state index is -0.356. The maximum absolute atomic E-state index is 12.4. The van der Waals surface area contributed by atoms with E-state index in [0.29, 0.717) is 12.1 Å². The number of hydrogen-bond donors (Lipinski definition) is 3. The first-order valence-corrected chi connectivity index (χ1v) is 8.48. The molecule has 1 aromatic heterocycles. The number of pyridine rings is 1. The highest BCUT2D eigenvalue weighted by atomic mass is 16.3. The lowest BCUT2D eigenvalue weighted by Crippen LogP contribution is -2.41. The molecule has 0 fully saturated rings. The zero-order chi connectivity index (χ0) is 18.2. The van der Waals surface area contributed by atoms with Crippen molar-refractivity contribution in [2.75, 3.05) is 11.9 Å². The van der Waals surface area contributed by atoms with Gasteiger partial charge in [0, 0.05) is 18.0 Å². The smallest absolute Gasteiger partial charge is 0.319 e. The van der Waals surface area contributed by atoms with Crippen LogP contribution in [-0.2, 0) is 6.42 Å². The van der Waals surface area contributed by atoms with E-state index in [1.165, 1.54) is 0 Å². The van der Waals surface area contributed by atoms with E-state index in [4.69, 9.17) is 0 Å². The van der Waals surface area contributed by atoms with E-state index in [-0.39, 0.29) is 18.7 Å². The van der Waals surface area contributed by atoms with Crippen molar-refractivity contribution in [2.24, 2.45) is 0 Å². The van der Waals surface area contributed by atoms with E-state index < -0.39 is 0 Å². The number of para-hydroxylation sites is 1. The molecule has 0 aliphatic carbocycles. The maximum Gasteiger partial charge on any atom is 0.319 e. The van der Waals surface area contributed by atoms with Crippen molar-refractivity contribution in [3.05, 3.63) is 84.7 Å². The van der Waals surface area contributed by atoms with Crippen molar-refractivity contribution >= 4 is 11.7 Å². The van der Waals surface area contributed by atoms with Crippen LogP contribution in [0.1, 0.15) is 5.56 Å². The van der Waals surface area contributed by atoms with Gasteiger partial charge in [-0.3, -0.25) is 4.98 Å². The van der Waals surface area contributed by atoms with Gasteiger partial charge in [0.15, 0.2) is 0 Å². The molecule has 5 nitrogen and oxygen atoms in total. The molecule has 1 atom stereocenters. The lowest BCUT2D eigenvalue weighted by atomic mass is 10.1. The first-order valence-electron chi connectivity index (χ1n) is 8.48. The Morgan fingerprint density at radius 1 is 0.962 bits per heavy atom. The molecule has 0 unspecified atom stereocenters. The van der Waals surface area contributed by atoms with Crippen molar-refractivity contribution < 1.29 is 9.90 Å². The summed E-state index contributed by atoms with van der Waals surface area (Å²) in [5.74, 6) is 0. The molecule has 3 rings (SSSR count). The summed E-state index contributed by atoms with van der Waals surface area (Å²) in [5.41, 5.74) is 3.64. The van der Waals surface area contributed by atoms with Crippen LogP contribution in [0.15, 0.2) is 79.1 Å². The second-order valence-electron chi connectivity index (χ2n) is 5.95. The number of urea groups is 1. The number of aliphatic hydroxyl groups excluding tert-OH is 1. The van der Waals surface area contributed by atoms with E-state index in [2.05, 4.69) is 15.6 Å². The Bertz CT molecular complexity index is 838. The van der Waals surface area contributed by atoms with Gasteiger partial charge in [-0.05, 0) is 35.7 Å². The molecule has 2 amide bonds. The number of rotatable bonds is 6. The minimum absolute atomic E-state index is 0.131. The number of carbonyl (C=O) groups excluding carboxylic acids is 1. The molecule has 2 aromatic carbocycles. The van der Waals surface area contributed by atoms with Crippen LogP contribution in [0, 0.1) is 0 Å². The largest absolute Gasteiger partial charge is 0.394 e.